The second kappa shape index (κ2) is 22.9. The number of rotatable bonds is 21. The fourth-order valence-electron chi connectivity index (χ4n) is 6.43. The molecule has 60 heavy (non-hydrogen) atoms. The van der Waals surface area contributed by atoms with Crippen LogP contribution >= 0.6 is 0 Å². The highest BCUT2D eigenvalue weighted by atomic mass is 16.6. The van der Waals surface area contributed by atoms with E-state index in [1.54, 1.807) is 20.8 Å². The van der Waals surface area contributed by atoms with Crippen molar-refractivity contribution in [1.82, 2.24) is 16.0 Å². The number of nitrogens with one attached hydrogen (secondary N) is 3. The van der Waals surface area contributed by atoms with Crippen LogP contribution < -0.4 is 25.4 Å². The van der Waals surface area contributed by atoms with E-state index in [1.165, 1.54) is 0 Å². The molecule has 0 spiro atoms. The Hall–Kier alpha value is -6.13. The van der Waals surface area contributed by atoms with E-state index >= 15 is 0 Å². The van der Waals surface area contributed by atoms with Gasteiger partial charge in [0.25, 0.3) is 0 Å². The van der Waals surface area contributed by atoms with Gasteiger partial charge in [0.1, 0.15) is 42.4 Å². The molecule has 0 fully saturated rings. The van der Waals surface area contributed by atoms with Crippen molar-refractivity contribution in [1.29, 1.82) is 0 Å². The van der Waals surface area contributed by atoms with Crippen molar-refractivity contribution < 1.29 is 33.3 Å². The zero-order valence-corrected chi connectivity index (χ0v) is 35.4. The molecule has 0 aliphatic rings. The quantitative estimate of drug-likeness (QED) is 0.0677. The Bertz CT molecular complexity index is 2040. The van der Waals surface area contributed by atoms with Crippen LogP contribution in [0.2, 0.25) is 0 Å². The lowest BCUT2D eigenvalue weighted by Gasteiger charge is -2.27. The number of alkyl carbamates (subject to hydrolysis) is 1. The summed E-state index contributed by atoms with van der Waals surface area (Å²) in [6, 6.07) is 42.6. The molecular formula is C50H59N3O7. The fraction of sp³-hybridized carbons (Fsp3) is 0.340. The summed E-state index contributed by atoms with van der Waals surface area (Å²) in [6.45, 7) is 10.7. The van der Waals surface area contributed by atoms with Gasteiger partial charge in [0.05, 0.1) is 19.3 Å². The van der Waals surface area contributed by atoms with Crippen LogP contribution in [0.1, 0.15) is 68.9 Å². The Morgan fingerprint density at radius 2 is 0.967 bits per heavy atom. The number of carbonyl (C=O) groups excluding carboxylic acids is 3. The number of hydrogen-bond donors (Lipinski definition) is 3. The topological polar surface area (TPSA) is 124 Å². The number of ether oxygens (including phenoxy) is 4. The molecule has 0 saturated heterocycles. The molecular weight excluding hydrogens is 755 g/mol. The minimum atomic E-state index is -1.04. The van der Waals surface area contributed by atoms with Crippen LogP contribution in [0.3, 0.4) is 0 Å². The summed E-state index contributed by atoms with van der Waals surface area (Å²) in [6.07, 6.45) is 0.272. The molecule has 3 amide bonds. The lowest BCUT2D eigenvalue weighted by molar-refractivity contribution is -0.131. The van der Waals surface area contributed by atoms with Crippen molar-refractivity contribution in [2.45, 2.75) is 97.4 Å². The molecule has 0 aliphatic carbocycles. The number of benzene rings is 5. The summed E-state index contributed by atoms with van der Waals surface area (Å²) >= 11 is 0. The van der Waals surface area contributed by atoms with Crippen LogP contribution in [0.5, 0.6) is 11.5 Å². The summed E-state index contributed by atoms with van der Waals surface area (Å²) in [5, 5.41) is 8.90. The molecule has 5 rings (SSSR count). The smallest absolute Gasteiger partial charge is 0.408 e. The number of amides is 3. The molecule has 316 valence electrons. The standard InChI is InChI=1S/C50H59N3O7/c1-36(2)29-45(52-48(55)46(53-49(56)60-50(3,4)5)31-38-23-27-44(28-24-38)59-34-41-19-13-8-14-20-41)47(54)51-42(35-57-32-39-15-9-6-10-16-39)30-37-21-25-43(26-22-37)58-33-40-17-11-7-12-18-40/h6-28,36,42,45-46H,29-35H2,1-5H3,(H,51,54)(H,52,55)(H,53,56)/t42-,45-,46-/m0/s1. The minimum absolute atomic E-state index is 0.0676. The lowest BCUT2D eigenvalue weighted by Crippen LogP contribution is -2.56. The average molecular weight is 814 g/mol. The molecule has 5 aromatic carbocycles. The number of hydrogen-bond acceptors (Lipinski definition) is 7. The van der Waals surface area contributed by atoms with Gasteiger partial charge in [-0.2, -0.15) is 0 Å². The Kier molecular flexibility index (Phi) is 17.1. The molecule has 0 aliphatic heterocycles. The normalized spacial score (nSPS) is 12.8. The van der Waals surface area contributed by atoms with Gasteiger partial charge in [-0.3, -0.25) is 9.59 Å². The predicted molar refractivity (Wildman–Crippen MR) is 234 cm³/mol. The summed E-state index contributed by atoms with van der Waals surface area (Å²) in [5.41, 5.74) is 4.13. The van der Waals surface area contributed by atoms with Crippen molar-refractivity contribution in [2.75, 3.05) is 6.61 Å². The van der Waals surface area contributed by atoms with Gasteiger partial charge in [0.15, 0.2) is 0 Å². The van der Waals surface area contributed by atoms with Crippen LogP contribution in [0, 0.1) is 5.92 Å². The highest BCUT2D eigenvalue weighted by Gasteiger charge is 2.30. The lowest BCUT2D eigenvalue weighted by atomic mass is 10.00. The first-order chi connectivity index (χ1) is 28.9. The first-order valence-electron chi connectivity index (χ1n) is 20.6. The monoisotopic (exact) mass is 813 g/mol. The van der Waals surface area contributed by atoms with Crippen LogP contribution in [-0.2, 0) is 51.7 Å². The van der Waals surface area contributed by atoms with E-state index in [9.17, 15) is 14.4 Å². The van der Waals surface area contributed by atoms with Gasteiger partial charge in [0.2, 0.25) is 11.8 Å². The number of carbonyl (C=O) groups is 3. The van der Waals surface area contributed by atoms with Crippen molar-refractivity contribution in [3.8, 4) is 11.5 Å². The largest absolute Gasteiger partial charge is 0.489 e. The third-order valence-electron chi connectivity index (χ3n) is 9.39. The molecule has 0 saturated carbocycles. The van der Waals surface area contributed by atoms with Gasteiger partial charge in [-0.25, -0.2) is 4.79 Å². The molecule has 10 nitrogen and oxygen atoms in total. The third kappa shape index (κ3) is 16.3. The maximum Gasteiger partial charge on any atom is 0.408 e. The van der Waals surface area contributed by atoms with E-state index < -0.39 is 35.7 Å². The Morgan fingerprint density at radius 1 is 0.517 bits per heavy atom. The van der Waals surface area contributed by atoms with Crippen molar-refractivity contribution in [2.24, 2.45) is 5.92 Å². The van der Waals surface area contributed by atoms with E-state index in [2.05, 4.69) is 16.0 Å². The molecule has 3 N–H and O–H groups in total. The molecule has 0 unspecified atom stereocenters. The van der Waals surface area contributed by atoms with E-state index in [1.807, 2.05) is 153 Å². The zero-order chi connectivity index (χ0) is 42.7. The van der Waals surface area contributed by atoms with Crippen molar-refractivity contribution in [3.05, 3.63) is 167 Å². The van der Waals surface area contributed by atoms with Crippen LogP contribution in [0.4, 0.5) is 4.79 Å². The van der Waals surface area contributed by atoms with Gasteiger partial charge in [-0.05, 0) is 91.6 Å². The molecule has 0 bridgehead atoms. The Balaban J connectivity index is 1.28. The van der Waals surface area contributed by atoms with Gasteiger partial charge >= 0.3 is 6.09 Å². The van der Waals surface area contributed by atoms with Crippen LogP contribution in [0.25, 0.3) is 0 Å². The van der Waals surface area contributed by atoms with Crippen molar-refractivity contribution >= 4 is 17.9 Å². The second-order valence-electron chi connectivity index (χ2n) is 16.3. The molecule has 10 heteroatoms. The average Bonchev–Trinajstić information content (AvgIpc) is 3.23. The third-order valence-corrected chi connectivity index (χ3v) is 9.39. The van der Waals surface area contributed by atoms with E-state index in [4.69, 9.17) is 18.9 Å². The minimum Gasteiger partial charge on any atom is -0.489 e. The predicted octanol–water partition coefficient (Wildman–Crippen LogP) is 8.76. The van der Waals surface area contributed by atoms with Gasteiger partial charge in [0, 0.05) is 6.42 Å². The maximum absolute atomic E-state index is 14.2. The maximum atomic E-state index is 14.2. The fourth-order valence-corrected chi connectivity index (χ4v) is 6.43. The van der Waals surface area contributed by atoms with E-state index in [0.29, 0.717) is 38.4 Å². The molecule has 0 heterocycles. The summed E-state index contributed by atoms with van der Waals surface area (Å²) < 4.78 is 23.6. The first-order valence-corrected chi connectivity index (χ1v) is 20.6. The highest BCUT2D eigenvalue weighted by Crippen LogP contribution is 2.19. The SMILES string of the molecule is CC(C)C[C@H](NC(=O)[C@H](Cc1ccc(OCc2ccccc2)cc1)NC(=O)OC(C)(C)C)C(=O)N[C@H](COCc1ccccc1)Cc1ccc(OCc2ccccc2)cc1. The van der Waals surface area contributed by atoms with Crippen LogP contribution in [0.15, 0.2) is 140 Å². The molecule has 5 aromatic rings. The van der Waals surface area contributed by atoms with Crippen LogP contribution in [-0.4, -0.2) is 48.2 Å². The van der Waals surface area contributed by atoms with E-state index in [0.717, 1.165) is 33.6 Å². The second-order valence-corrected chi connectivity index (χ2v) is 16.3. The Morgan fingerprint density at radius 3 is 1.43 bits per heavy atom. The zero-order valence-electron chi connectivity index (χ0n) is 35.4. The van der Waals surface area contributed by atoms with Gasteiger partial charge in [-0.15, -0.1) is 0 Å². The van der Waals surface area contributed by atoms with Gasteiger partial charge < -0.3 is 34.9 Å². The highest BCUT2D eigenvalue weighted by molar-refractivity contribution is 5.91. The van der Waals surface area contributed by atoms with Gasteiger partial charge in [-0.1, -0.05) is 129 Å². The van der Waals surface area contributed by atoms with E-state index in [-0.39, 0.29) is 24.9 Å². The molecule has 0 radical (unpaired) electrons. The summed E-state index contributed by atoms with van der Waals surface area (Å²) in [5.74, 6) is 0.633. The Labute approximate surface area is 355 Å². The summed E-state index contributed by atoms with van der Waals surface area (Å²) in [7, 11) is 0. The molecule has 3 atom stereocenters. The summed E-state index contributed by atoms with van der Waals surface area (Å²) in [4.78, 5) is 41.4. The first kappa shape index (κ1) is 45.0. The van der Waals surface area contributed by atoms with Crippen molar-refractivity contribution in [3.63, 3.8) is 0 Å². The molecule has 0 aromatic heterocycles.